The number of methoxy groups -OCH3 is 1. The highest BCUT2D eigenvalue weighted by atomic mass is 16.5. The molecule has 1 heterocycles. The van der Waals surface area contributed by atoms with Crippen molar-refractivity contribution < 1.29 is 13.9 Å². The monoisotopic (exact) mass is 455 g/mol. The highest BCUT2D eigenvalue weighted by Gasteiger charge is 2.15. The van der Waals surface area contributed by atoms with Crippen molar-refractivity contribution in [1.29, 1.82) is 0 Å². The first-order valence-corrected chi connectivity index (χ1v) is 11.3. The summed E-state index contributed by atoms with van der Waals surface area (Å²) in [5, 5.41) is 11.3. The van der Waals surface area contributed by atoms with Crippen molar-refractivity contribution in [2.24, 2.45) is 0 Å². The molecule has 0 unspecified atom stereocenters. The Hall–Kier alpha value is -3.93. The molecule has 0 aliphatic carbocycles. The third-order valence-corrected chi connectivity index (χ3v) is 5.65. The number of nitrogens with zero attached hydrogens (tertiary/aromatic N) is 2. The fraction of sp³-hybridized carbons (Fsp3) is 0.250. The van der Waals surface area contributed by atoms with Gasteiger partial charge in [0.15, 0.2) is 0 Å². The molecule has 1 amide bonds. The number of aromatic nitrogens is 2. The van der Waals surface area contributed by atoms with Crippen LogP contribution in [0.2, 0.25) is 0 Å². The SMILES string of the molecule is COc1ccccc1CCC(=O)Nc1ccc(-c2nnc(-c3ccc(C(C)(C)C)cc3)o2)cc1. The van der Waals surface area contributed by atoms with E-state index < -0.39 is 0 Å². The minimum atomic E-state index is -0.0579. The van der Waals surface area contributed by atoms with Crippen LogP contribution in [0.15, 0.2) is 77.2 Å². The normalized spacial score (nSPS) is 11.3. The number of ether oxygens (including phenoxy) is 1. The number of carbonyl (C=O) groups is 1. The zero-order valence-corrected chi connectivity index (χ0v) is 20.0. The molecule has 0 aliphatic rings. The number of benzene rings is 3. The van der Waals surface area contributed by atoms with Crippen LogP contribution in [0.1, 0.15) is 38.3 Å². The summed E-state index contributed by atoms with van der Waals surface area (Å²) in [6.07, 6.45) is 0.971. The lowest BCUT2D eigenvalue weighted by Gasteiger charge is -2.18. The second-order valence-electron chi connectivity index (χ2n) is 9.18. The number of hydrogen-bond donors (Lipinski definition) is 1. The van der Waals surface area contributed by atoms with Gasteiger partial charge in [-0.2, -0.15) is 0 Å². The maximum Gasteiger partial charge on any atom is 0.248 e. The molecular weight excluding hydrogens is 426 g/mol. The smallest absolute Gasteiger partial charge is 0.248 e. The van der Waals surface area contributed by atoms with Gasteiger partial charge in [0.1, 0.15) is 5.75 Å². The molecule has 4 aromatic rings. The minimum absolute atomic E-state index is 0.0579. The maximum absolute atomic E-state index is 12.4. The number of anilines is 1. The molecule has 6 heteroatoms. The molecule has 0 spiro atoms. The summed E-state index contributed by atoms with van der Waals surface area (Å²) in [4.78, 5) is 12.4. The summed E-state index contributed by atoms with van der Waals surface area (Å²) in [7, 11) is 1.63. The van der Waals surface area contributed by atoms with Crippen molar-refractivity contribution in [2.45, 2.75) is 39.0 Å². The Balaban J connectivity index is 1.37. The summed E-state index contributed by atoms with van der Waals surface area (Å²) in [6, 6.07) is 23.3. The maximum atomic E-state index is 12.4. The molecule has 1 aromatic heterocycles. The van der Waals surface area contributed by atoms with E-state index in [4.69, 9.17) is 9.15 Å². The number of amides is 1. The topological polar surface area (TPSA) is 77.2 Å². The summed E-state index contributed by atoms with van der Waals surface area (Å²) in [6.45, 7) is 6.54. The highest BCUT2D eigenvalue weighted by Crippen LogP contribution is 2.28. The number of aryl methyl sites for hydroxylation is 1. The molecule has 1 N–H and O–H groups in total. The fourth-order valence-electron chi connectivity index (χ4n) is 3.65. The number of para-hydroxylation sites is 1. The predicted molar refractivity (Wildman–Crippen MR) is 134 cm³/mol. The molecule has 0 saturated heterocycles. The van der Waals surface area contributed by atoms with Gasteiger partial charge in [0.2, 0.25) is 17.7 Å². The van der Waals surface area contributed by atoms with Crippen molar-refractivity contribution in [3.63, 3.8) is 0 Å². The zero-order chi connectivity index (χ0) is 24.1. The Morgan fingerprint density at radius 2 is 1.47 bits per heavy atom. The summed E-state index contributed by atoms with van der Waals surface area (Å²) in [5.41, 5.74) is 4.73. The van der Waals surface area contributed by atoms with Crippen LogP contribution < -0.4 is 10.1 Å². The molecule has 174 valence electrons. The van der Waals surface area contributed by atoms with Gasteiger partial charge in [-0.3, -0.25) is 4.79 Å². The first-order chi connectivity index (χ1) is 16.3. The lowest BCUT2D eigenvalue weighted by molar-refractivity contribution is -0.116. The lowest BCUT2D eigenvalue weighted by Crippen LogP contribution is -2.12. The molecule has 0 radical (unpaired) electrons. The van der Waals surface area contributed by atoms with Crippen LogP contribution >= 0.6 is 0 Å². The number of rotatable bonds is 7. The molecule has 4 rings (SSSR count). The Kier molecular flexibility index (Phi) is 6.77. The van der Waals surface area contributed by atoms with Crippen LogP contribution in [0.25, 0.3) is 22.9 Å². The molecule has 0 aliphatic heterocycles. The number of hydrogen-bond acceptors (Lipinski definition) is 5. The van der Waals surface area contributed by atoms with Crippen molar-refractivity contribution >= 4 is 11.6 Å². The molecule has 0 fully saturated rings. The van der Waals surface area contributed by atoms with Crippen LogP contribution in [-0.2, 0) is 16.6 Å². The van der Waals surface area contributed by atoms with Crippen LogP contribution in [-0.4, -0.2) is 23.2 Å². The van der Waals surface area contributed by atoms with Gasteiger partial charge < -0.3 is 14.5 Å². The van der Waals surface area contributed by atoms with Gasteiger partial charge >= 0.3 is 0 Å². The van der Waals surface area contributed by atoms with Crippen molar-refractivity contribution in [3.8, 4) is 28.7 Å². The van der Waals surface area contributed by atoms with E-state index in [9.17, 15) is 4.79 Å². The predicted octanol–water partition coefficient (Wildman–Crippen LogP) is 6.28. The largest absolute Gasteiger partial charge is 0.496 e. The Morgan fingerprint density at radius 1 is 0.882 bits per heavy atom. The Bertz CT molecular complexity index is 1250. The van der Waals surface area contributed by atoms with E-state index in [1.165, 1.54) is 5.56 Å². The standard InChI is InChI=1S/C28H29N3O3/c1-28(2,3)22-14-9-20(10-15-22)26-30-31-27(34-26)21-11-16-23(17-12-21)29-25(32)18-13-19-7-5-6-8-24(19)33-4/h5-12,14-17H,13,18H2,1-4H3,(H,29,32). The van der Waals surface area contributed by atoms with Crippen LogP contribution in [0.3, 0.4) is 0 Å². The first kappa shape index (κ1) is 23.2. The van der Waals surface area contributed by atoms with Gasteiger partial charge in [-0.25, -0.2) is 0 Å². The van der Waals surface area contributed by atoms with E-state index in [0.717, 1.165) is 22.4 Å². The van der Waals surface area contributed by atoms with Gasteiger partial charge in [0.25, 0.3) is 0 Å². The fourth-order valence-corrected chi connectivity index (χ4v) is 3.65. The average molecular weight is 456 g/mol. The third kappa shape index (κ3) is 5.52. The van der Waals surface area contributed by atoms with Crippen LogP contribution in [0, 0.1) is 0 Å². The zero-order valence-electron chi connectivity index (χ0n) is 20.0. The lowest BCUT2D eigenvalue weighted by atomic mass is 9.87. The van der Waals surface area contributed by atoms with Gasteiger partial charge in [-0.1, -0.05) is 51.1 Å². The second kappa shape index (κ2) is 9.91. The second-order valence-corrected chi connectivity index (χ2v) is 9.18. The highest BCUT2D eigenvalue weighted by molar-refractivity contribution is 5.91. The molecule has 0 bridgehead atoms. The number of carbonyl (C=O) groups excluding carboxylic acids is 1. The van der Waals surface area contributed by atoms with E-state index in [-0.39, 0.29) is 11.3 Å². The van der Waals surface area contributed by atoms with Gasteiger partial charge in [0, 0.05) is 23.2 Å². The summed E-state index contributed by atoms with van der Waals surface area (Å²) >= 11 is 0. The third-order valence-electron chi connectivity index (χ3n) is 5.65. The van der Waals surface area contributed by atoms with Crippen molar-refractivity contribution in [1.82, 2.24) is 10.2 Å². The van der Waals surface area contributed by atoms with E-state index in [2.05, 4.69) is 48.4 Å². The van der Waals surface area contributed by atoms with Gasteiger partial charge in [-0.05, 0) is 65.4 Å². The summed E-state index contributed by atoms with van der Waals surface area (Å²) in [5.74, 6) is 1.65. The minimum Gasteiger partial charge on any atom is -0.496 e. The van der Waals surface area contributed by atoms with Gasteiger partial charge in [-0.15, -0.1) is 10.2 Å². The molecule has 6 nitrogen and oxygen atoms in total. The van der Waals surface area contributed by atoms with Crippen LogP contribution in [0.5, 0.6) is 5.75 Å². The Labute approximate surface area is 200 Å². The average Bonchev–Trinajstić information content (AvgIpc) is 3.33. The van der Waals surface area contributed by atoms with E-state index in [0.29, 0.717) is 30.3 Å². The molecule has 0 saturated carbocycles. The number of nitrogens with one attached hydrogen (secondary N) is 1. The molecule has 34 heavy (non-hydrogen) atoms. The quantitative estimate of drug-likeness (QED) is 0.355. The van der Waals surface area contributed by atoms with Crippen LogP contribution in [0.4, 0.5) is 5.69 Å². The van der Waals surface area contributed by atoms with E-state index >= 15 is 0 Å². The Morgan fingerprint density at radius 3 is 2.06 bits per heavy atom. The van der Waals surface area contributed by atoms with Crippen molar-refractivity contribution in [2.75, 3.05) is 12.4 Å². The molecule has 0 atom stereocenters. The van der Waals surface area contributed by atoms with E-state index in [1.807, 2.05) is 60.7 Å². The van der Waals surface area contributed by atoms with E-state index in [1.54, 1.807) is 7.11 Å². The summed E-state index contributed by atoms with van der Waals surface area (Å²) < 4.78 is 11.2. The molecular formula is C28H29N3O3. The molecule has 3 aromatic carbocycles. The van der Waals surface area contributed by atoms with Gasteiger partial charge in [0.05, 0.1) is 7.11 Å². The first-order valence-electron chi connectivity index (χ1n) is 11.3. The van der Waals surface area contributed by atoms with Crippen molar-refractivity contribution in [3.05, 3.63) is 83.9 Å².